The van der Waals surface area contributed by atoms with Crippen LogP contribution in [0, 0.1) is 11.6 Å². The predicted molar refractivity (Wildman–Crippen MR) is 110 cm³/mol. The summed E-state index contributed by atoms with van der Waals surface area (Å²) in [6.45, 7) is 0.358. The quantitative estimate of drug-likeness (QED) is 0.502. The fourth-order valence-corrected chi connectivity index (χ4v) is 3.44. The van der Waals surface area contributed by atoms with Crippen molar-refractivity contribution in [2.24, 2.45) is 5.73 Å². The molecule has 2 amide bonds. The fraction of sp³-hybridized carbons (Fsp3) is 0.130. The van der Waals surface area contributed by atoms with Gasteiger partial charge in [-0.05, 0) is 36.4 Å². The molecule has 0 unspecified atom stereocenters. The Morgan fingerprint density at radius 2 is 1.79 bits per heavy atom. The van der Waals surface area contributed by atoms with E-state index in [0.29, 0.717) is 24.8 Å². The predicted octanol–water partition coefficient (Wildman–Crippen LogP) is 5.06. The van der Waals surface area contributed by atoms with Gasteiger partial charge in [0.15, 0.2) is 17.3 Å². The second-order valence-electron chi connectivity index (χ2n) is 7.26. The highest BCUT2D eigenvalue weighted by Gasteiger charge is 2.37. The maximum absolute atomic E-state index is 15.0. The molecular formula is C23H15F5N2O4. The molecule has 34 heavy (non-hydrogen) atoms. The molecule has 3 N–H and O–H groups in total. The number of primary amides is 1. The Hall–Kier alpha value is -4.15. The highest BCUT2D eigenvalue weighted by Crippen LogP contribution is 2.41. The van der Waals surface area contributed by atoms with Crippen LogP contribution in [0.2, 0.25) is 0 Å². The topological polar surface area (TPSA) is 90.7 Å². The van der Waals surface area contributed by atoms with Crippen molar-refractivity contribution in [1.29, 1.82) is 0 Å². The van der Waals surface area contributed by atoms with E-state index in [1.165, 1.54) is 6.07 Å². The number of alkyl halides is 3. The van der Waals surface area contributed by atoms with Crippen LogP contribution in [0.15, 0.2) is 48.5 Å². The Morgan fingerprint density at radius 1 is 1.03 bits per heavy atom. The lowest BCUT2D eigenvalue weighted by atomic mass is 10.1. The van der Waals surface area contributed by atoms with Crippen LogP contribution in [-0.2, 0) is 12.6 Å². The molecule has 176 valence electrons. The van der Waals surface area contributed by atoms with Crippen LogP contribution in [0.5, 0.6) is 17.2 Å². The maximum Gasteiger partial charge on any atom is 0.419 e. The average Bonchev–Trinajstić information content (AvgIpc) is 3.24. The molecule has 0 aliphatic carbocycles. The van der Waals surface area contributed by atoms with Gasteiger partial charge in [-0.2, -0.15) is 13.2 Å². The zero-order valence-corrected chi connectivity index (χ0v) is 17.1. The Kier molecular flexibility index (Phi) is 5.86. The minimum Gasteiger partial charge on any atom is -0.489 e. The standard InChI is InChI=1S/C23H15F5N2O4/c24-15-6-4-12(10-13(15)21(29)31)30-22(32)18-16(7-5-14(19(18)25)23(26,27)28)34-17-3-1-2-11-8-9-33-20(11)17/h1-7,10H,8-9H2,(H2,29,31)(H,30,32). The van der Waals surface area contributed by atoms with Crippen LogP contribution in [0.1, 0.15) is 31.8 Å². The smallest absolute Gasteiger partial charge is 0.419 e. The number of carbonyl (C=O) groups is 2. The molecule has 0 saturated carbocycles. The molecule has 0 aromatic heterocycles. The SMILES string of the molecule is NC(=O)c1cc(NC(=O)c2c(Oc3cccc4c3OCC4)ccc(C(F)(F)F)c2F)ccc1F. The van der Waals surface area contributed by atoms with E-state index in [4.69, 9.17) is 15.2 Å². The molecule has 0 atom stereocenters. The third-order valence-corrected chi connectivity index (χ3v) is 5.02. The molecule has 1 aliphatic heterocycles. The number of para-hydroxylation sites is 1. The molecule has 4 rings (SSSR count). The monoisotopic (exact) mass is 478 g/mol. The summed E-state index contributed by atoms with van der Waals surface area (Å²) in [6, 6.07) is 8.83. The molecule has 1 heterocycles. The van der Waals surface area contributed by atoms with Crippen LogP contribution < -0.4 is 20.5 Å². The third-order valence-electron chi connectivity index (χ3n) is 5.02. The van der Waals surface area contributed by atoms with Gasteiger partial charge < -0.3 is 20.5 Å². The number of halogens is 5. The van der Waals surface area contributed by atoms with Crippen LogP contribution in [-0.4, -0.2) is 18.4 Å². The van der Waals surface area contributed by atoms with Gasteiger partial charge in [0.25, 0.3) is 11.8 Å². The van der Waals surface area contributed by atoms with E-state index in [0.717, 1.165) is 29.8 Å². The maximum atomic E-state index is 15.0. The van der Waals surface area contributed by atoms with Crippen molar-refractivity contribution in [2.75, 3.05) is 11.9 Å². The zero-order valence-electron chi connectivity index (χ0n) is 17.1. The van der Waals surface area contributed by atoms with Gasteiger partial charge in [0.1, 0.15) is 17.1 Å². The highest BCUT2D eigenvalue weighted by atomic mass is 19.4. The molecule has 11 heteroatoms. The minimum atomic E-state index is -5.09. The van der Waals surface area contributed by atoms with Crippen molar-refractivity contribution < 1.29 is 41.0 Å². The first-order chi connectivity index (χ1) is 16.1. The van der Waals surface area contributed by atoms with Crippen molar-refractivity contribution >= 4 is 17.5 Å². The molecule has 3 aromatic carbocycles. The number of hydrogen-bond acceptors (Lipinski definition) is 4. The zero-order chi connectivity index (χ0) is 24.6. The van der Waals surface area contributed by atoms with E-state index in [2.05, 4.69) is 5.32 Å². The molecule has 0 spiro atoms. The number of rotatable bonds is 5. The van der Waals surface area contributed by atoms with Gasteiger partial charge in [-0.1, -0.05) is 12.1 Å². The summed E-state index contributed by atoms with van der Waals surface area (Å²) in [5, 5.41) is 2.15. The Balaban J connectivity index is 1.77. The van der Waals surface area contributed by atoms with E-state index in [9.17, 15) is 27.2 Å². The lowest BCUT2D eigenvalue weighted by molar-refractivity contribution is -0.140. The van der Waals surface area contributed by atoms with Gasteiger partial charge in [0.05, 0.1) is 17.7 Å². The highest BCUT2D eigenvalue weighted by molar-refractivity contribution is 6.07. The molecule has 0 radical (unpaired) electrons. The average molecular weight is 478 g/mol. The Bertz CT molecular complexity index is 1310. The summed E-state index contributed by atoms with van der Waals surface area (Å²) in [5.74, 6) is -5.40. The second-order valence-corrected chi connectivity index (χ2v) is 7.26. The first kappa shape index (κ1) is 23.0. The largest absolute Gasteiger partial charge is 0.489 e. The van der Waals surface area contributed by atoms with Gasteiger partial charge in [0, 0.05) is 17.7 Å². The summed E-state index contributed by atoms with van der Waals surface area (Å²) < 4.78 is 79.8. The fourth-order valence-electron chi connectivity index (χ4n) is 3.44. The third kappa shape index (κ3) is 4.36. The van der Waals surface area contributed by atoms with Crippen molar-refractivity contribution in [2.45, 2.75) is 12.6 Å². The summed E-state index contributed by atoms with van der Waals surface area (Å²) in [5.41, 5.74) is 2.34. The van der Waals surface area contributed by atoms with Gasteiger partial charge in [-0.15, -0.1) is 0 Å². The van der Waals surface area contributed by atoms with E-state index in [1.807, 2.05) is 0 Å². The summed E-state index contributed by atoms with van der Waals surface area (Å²) in [7, 11) is 0. The van der Waals surface area contributed by atoms with E-state index < -0.39 is 52.1 Å². The summed E-state index contributed by atoms with van der Waals surface area (Å²) >= 11 is 0. The summed E-state index contributed by atoms with van der Waals surface area (Å²) in [6.07, 6.45) is -4.52. The first-order valence-corrected chi connectivity index (χ1v) is 9.79. The van der Waals surface area contributed by atoms with E-state index >= 15 is 4.39 Å². The molecule has 0 fully saturated rings. The second kappa shape index (κ2) is 8.65. The Labute approximate surface area is 189 Å². The van der Waals surface area contributed by atoms with Crippen LogP contribution in [0.3, 0.4) is 0 Å². The number of carbonyl (C=O) groups excluding carboxylic acids is 2. The Morgan fingerprint density at radius 3 is 2.50 bits per heavy atom. The van der Waals surface area contributed by atoms with Crippen molar-refractivity contribution in [3.63, 3.8) is 0 Å². The van der Waals surface area contributed by atoms with Gasteiger partial charge in [0.2, 0.25) is 0 Å². The number of fused-ring (bicyclic) bond motifs is 1. The molecule has 6 nitrogen and oxygen atoms in total. The normalized spacial score (nSPS) is 12.6. The number of nitrogens with two attached hydrogens (primary N) is 1. The molecule has 3 aromatic rings. The van der Waals surface area contributed by atoms with Crippen LogP contribution in [0.4, 0.5) is 27.6 Å². The molecule has 0 bridgehead atoms. The van der Waals surface area contributed by atoms with Gasteiger partial charge >= 0.3 is 6.18 Å². The van der Waals surface area contributed by atoms with Crippen molar-refractivity contribution in [3.8, 4) is 17.2 Å². The number of anilines is 1. The number of nitrogens with one attached hydrogen (secondary N) is 1. The lowest BCUT2D eigenvalue weighted by Gasteiger charge is -2.17. The minimum absolute atomic E-state index is 0.0843. The lowest BCUT2D eigenvalue weighted by Crippen LogP contribution is -2.19. The van der Waals surface area contributed by atoms with E-state index in [1.54, 1.807) is 12.1 Å². The van der Waals surface area contributed by atoms with E-state index in [-0.39, 0.29) is 11.4 Å². The van der Waals surface area contributed by atoms with Crippen molar-refractivity contribution in [1.82, 2.24) is 0 Å². The number of benzene rings is 3. The molecule has 1 aliphatic rings. The van der Waals surface area contributed by atoms with Crippen LogP contribution in [0.25, 0.3) is 0 Å². The van der Waals surface area contributed by atoms with Gasteiger partial charge in [-0.25, -0.2) is 8.78 Å². The molecular weight excluding hydrogens is 463 g/mol. The van der Waals surface area contributed by atoms with Gasteiger partial charge in [-0.3, -0.25) is 9.59 Å². The number of hydrogen-bond donors (Lipinski definition) is 2. The molecule has 0 saturated heterocycles. The first-order valence-electron chi connectivity index (χ1n) is 9.79. The van der Waals surface area contributed by atoms with Crippen LogP contribution >= 0.6 is 0 Å². The summed E-state index contributed by atoms with van der Waals surface area (Å²) in [4.78, 5) is 24.2. The number of ether oxygens (including phenoxy) is 2. The number of amides is 2. The van der Waals surface area contributed by atoms with Crippen molar-refractivity contribution in [3.05, 3.63) is 82.4 Å².